The molecule has 0 spiro atoms. The van der Waals surface area contributed by atoms with Crippen molar-refractivity contribution in [2.75, 3.05) is 11.9 Å². The number of benzene rings is 1. The van der Waals surface area contributed by atoms with Crippen molar-refractivity contribution in [3.8, 4) is 0 Å². The van der Waals surface area contributed by atoms with Crippen LogP contribution >= 0.6 is 15.9 Å². The van der Waals surface area contributed by atoms with Crippen LogP contribution in [0.2, 0.25) is 0 Å². The third-order valence-electron chi connectivity index (χ3n) is 2.67. The minimum atomic E-state index is -0.247. The van der Waals surface area contributed by atoms with Crippen molar-refractivity contribution in [1.82, 2.24) is 0 Å². The molecule has 4 heteroatoms. The molecule has 0 radical (unpaired) electrons. The number of allylic oxidation sites excluding steroid dienone is 2. The van der Waals surface area contributed by atoms with E-state index in [9.17, 15) is 9.18 Å². The van der Waals surface area contributed by atoms with Gasteiger partial charge in [0.1, 0.15) is 5.82 Å². The van der Waals surface area contributed by atoms with Gasteiger partial charge in [0.2, 0.25) is 0 Å². The van der Waals surface area contributed by atoms with Crippen molar-refractivity contribution in [3.63, 3.8) is 0 Å². The van der Waals surface area contributed by atoms with Crippen LogP contribution in [0.1, 0.15) is 18.9 Å². The molecule has 0 fully saturated rings. The molecule has 1 rings (SSSR count). The van der Waals surface area contributed by atoms with Crippen LogP contribution in [0.3, 0.4) is 0 Å². The van der Waals surface area contributed by atoms with Gasteiger partial charge in [-0.25, -0.2) is 4.39 Å². The number of hydrogen-bond donors (Lipinski definition) is 0. The fourth-order valence-electron chi connectivity index (χ4n) is 1.83. The molecular weight excluding hydrogens is 311 g/mol. The molecule has 0 heterocycles. The second-order valence-electron chi connectivity index (χ2n) is 4.15. The lowest BCUT2D eigenvalue weighted by molar-refractivity contribution is -0.143. The van der Waals surface area contributed by atoms with E-state index in [0.29, 0.717) is 23.9 Å². The standard InChI is InChI=1S/C15H18BrFO2/c1-2-19-15(18)11-12(6-5-9-16)10-13-7-3-4-8-14(13)17/h3-8,12H,2,9-11H2,1H3/b6-5+. The number of ether oxygens (including phenoxy) is 1. The van der Waals surface area contributed by atoms with E-state index in [1.165, 1.54) is 6.07 Å². The summed E-state index contributed by atoms with van der Waals surface area (Å²) in [6.07, 6.45) is 4.61. The van der Waals surface area contributed by atoms with Crippen LogP contribution in [-0.4, -0.2) is 17.9 Å². The van der Waals surface area contributed by atoms with E-state index in [0.717, 1.165) is 0 Å². The Morgan fingerprint density at radius 1 is 1.47 bits per heavy atom. The molecule has 0 aromatic heterocycles. The monoisotopic (exact) mass is 328 g/mol. The van der Waals surface area contributed by atoms with Gasteiger partial charge in [0.25, 0.3) is 0 Å². The number of halogens is 2. The summed E-state index contributed by atoms with van der Waals surface area (Å²) >= 11 is 3.30. The molecule has 0 N–H and O–H groups in total. The van der Waals surface area contributed by atoms with Crippen molar-refractivity contribution in [3.05, 3.63) is 47.8 Å². The Hall–Kier alpha value is -1.16. The molecule has 0 saturated heterocycles. The highest BCUT2D eigenvalue weighted by Crippen LogP contribution is 2.17. The fraction of sp³-hybridized carbons (Fsp3) is 0.400. The molecule has 1 aromatic carbocycles. The van der Waals surface area contributed by atoms with Gasteiger partial charge in [-0.2, -0.15) is 0 Å². The number of carbonyl (C=O) groups excluding carboxylic acids is 1. The Bertz CT molecular complexity index is 432. The molecule has 0 bridgehead atoms. The van der Waals surface area contributed by atoms with E-state index in [2.05, 4.69) is 15.9 Å². The maximum Gasteiger partial charge on any atom is 0.306 e. The fourth-order valence-corrected chi connectivity index (χ4v) is 2.05. The highest BCUT2D eigenvalue weighted by atomic mass is 79.9. The minimum Gasteiger partial charge on any atom is -0.466 e. The maximum atomic E-state index is 13.6. The minimum absolute atomic E-state index is 0.0477. The zero-order valence-electron chi connectivity index (χ0n) is 10.9. The maximum absolute atomic E-state index is 13.6. The Balaban J connectivity index is 2.72. The first kappa shape index (κ1) is 15.9. The van der Waals surface area contributed by atoms with E-state index in [-0.39, 0.29) is 24.1 Å². The van der Waals surface area contributed by atoms with Gasteiger partial charge in [0.15, 0.2) is 0 Å². The van der Waals surface area contributed by atoms with E-state index < -0.39 is 0 Å². The van der Waals surface area contributed by atoms with Crippen LogP contribution in [-0.2, 0) is 16.0 Å². The Kier molecular flexibility index (Phi) is 7.41. The van der Waals surface area contributed by atoms with Crippen LogP contribution in [0, 0.1) is 11.7 Å². The van der Waals surface area contributed by atoms with Crippen molar-refractivity contribution in [2.24, 2.45) is 5.92 Å². The highest BCUT2D eigenvalue weighted by molar-refractivity contribution is 9.09. The topological polar surface area (TPSA) is 26.3 Å². The van der Waals surface area contributed by atoms with Crippen molar-refractivity contribution in [1.29, 1.82) is 0 Å². The van der Waals surface area contributed by atoms with Crippen molar-refractivity contribution < 1.29 is 13.9 Å². The summed E-state index contributed by atoms with van der Waals surface area (Å²) in [4.78, 5) is 11.5. The quantitative estimate of drug-likeness (QED) is 0.431. The molecule has 0 amide bonds. The van der Waals surface area contributed by atoms with Gasteiger partial charge in [0, 0.05) is 5.33 Å². The lowest BCUT2D eigenvalue weighted by atomic mass is 9.95. The van der Waals surface area contributed by atoms with E-state index >= 15 is 0 Å². The zero-order chi connectivity index (χ0) is 14.1. The van der Waals surface area contributed by atoms with Crippen LogP contribution in [0.15, 0.2) is 36.4 Å². The van der Waals surface area contributed by atoms with E-state index in [1.807, 2.05) is 12.2 Å². The van der Waals surface area contributed by atoms with Crippen molar-refractivity contribution in [2.45, 2.75) is 19.8 Å². The number of carbonyl (C=O) groups is 1. The molecule has 0 aliphatic rings. The summed E-state index contributed by atoms with van der Waals surface area (Å²) in [5.41, 5.74) is 0.621. The normalized spacial score (nSPS) is 12.6. The van der Waals surface area contributed by atoms with Gasteiger partial charge in [-0.1, -0.05) is 46.3 Å². The molecule has 104 valence electrons. The van der Waals surface area contributed by atoms with Crippen LogP contribution in [0.4, 0.5) is 4.39 Å². The Morgan fingerprint density at radius 2 is 2.21 bits per heavy atom. The van der Waals surface area contributed by atoms with Gasteiger partial charge >= 0.3 is 5.97 Å². The molecule has 1 unspecified atom stereocenters. The molecule has 2 nitrogen and oxygen atoms in total. The number of rotatable bonds is 7. The number of alkyl halides is 1. The van der Waals surface area contributed by atoms with Gasteiger partial charge in [-0.15, -0.1) is 0 Å². The van der Waals surface area contributed by atoms with Crippen LogP contribution in [0.5, 0.6) is 0 Å². The summed E-state index contributed by atoms with van der Waals surface area (Å²) < 4.78 is 18.6. The molecule has 0 saturated carbocycles. The van der Waals surface area contributed by atoms with E-state index in [1.54, 1.807) is 25.1 Å². The Labute approximate surface area is 121 Å². The van der Waals surface area contributed by atoms with Gasteiger partial charge in [0.05, 0.1) is 13.0 Å². The summed E-state index contributed by atoms with van der Waals surface area (Å²) in [7, 11) is 0. The largest absolute Gasteiger partial charge is 0.466 e. The zero-order valence-corrected chi connectivity index (χ0v) is 12.5. The average Bonchev–Trinajstić information content (AvgIpc) is 2.39. The Morgan fingerprint density at radius 3 is 2.84 bits per heavy atom. The molecular formula is C15H18BrFO2. The van der Waals surface area contributed by atoms with E-state index in [4.69, 9.17) is 4.74 Å². The van der Waals surface area contributed by atoms with Crippen LogP contribution in [0.25, 0.3) is 0 Å². The average molecular weight is 329 g/mol. The predicted octanol–water partition coefficient (Wildman–Crippen LogP) is 3.89. The SMILES string of the molecule is CCOC(=O)CC(/C=C/CBr)Cc1ccccc1F. The number of esters is 1. The summed E-state index contributed by atoms with van der Waals surface area (Å²) in [6.45, 7) is 2.14. The molecule has 1 atom stereocenters. The van der Waals surface area contributed by atoms with Crippen LogP contribution < -0.4 is 0 Å². The summed E-state index contributed by atoms with van der Waals surface area (Å²) in [5.74, 6) is -0.528. The summed E-state index contributed by atoms with van der Waals surface area (Å²) in [6, 6.07) is 6.64. The first-order valence-electron chi connectivity index (χ1n) is 6.29. The predicted molar refractivity (Wildman–Crippen MR) is 77.8 cm³/mol. The first-order valence-corrected chi connectivity index (χ1v) is 7.41. The third-order valence-corrected chi connectivity index (χ3v) is 3.05. The smallest absolute Gasteiger partial charge is 0.306 e. The lowest BCUT2D eigenvalue weighted by Crippen LogP contribution is -2.13. The second-order valence-corrected chi connectivity index (χ2v) is 4.79. The van der Waals surface area contributed by atoms with Gasteiger partial charge in [-0.05, 0) is 30.9 Å². The highest BCUT2D eigenvalue weighted by Gasteiger charge is 2.14. The van der Waals surface area contributed by atoms with Gasteiger partial charge in [-0.3, -0.25) is 4.79 Å². The first-order chi connectivity index (χ1) is 9.17. The molecule has 19 heavy (non-hydrogen) atoms. The lowest BCUT2D eigenvalue weighted by Gasteiger charge is -2.12. The summed E-state index contributed by atoms with van der Waals surface area (Å²) in [5, 5.41) is 0.712. The third kappa shape index (κ3) is 6.01. The molecule has 0 aliphatic carbocycles. The molecule has 1 aromatic rings. The van der Waals surface area contributed by atoms with Crippen molar-refractivity contribution >= 4 is 21.9 Å². The van der Waals surface area contributed by atoms with Gasteiger partial charge < -0.3 is 4.74 Å². The second kappa shape index (κ2) is 8.86. The molecule has 0 aliphatic heterocycles. The number of hydrogen-bond acceptors (Lipinski definition) is 2.